The van der Waals surface area contributed by atoms with Crippen molar-refractivity contribution < 1.29 is 18.7 Å². The van der Waals surface area contributed by atoms with Gasteiger partial charge in [0.05, 0.1) is 23.9 Å². The average molecular weight is 458 g/mol. The maximum Gasteiger partial charge on any atom is 0.345 e. The van der Waals surface area contributed by atoms with Gasteiger partial charge in [-0.3, -0.25) is 5.43 Å². The zero-order valence-corrected chi connectivity index (χ0v) is 17.8. The molecule has 0 fully saturated rings. The SMILES string of the molecule is COc1cc(/C=N\NC(=S)Nc2ccc(F)cc2)ccc1OC(=O)c1ccccc1Cl. The van der Waals surface area contributed by atoms with Crippen LogP contribution in [-0.2, 0) is 0 Å². The summed E-state index contributed by atoms with van der Waals surface area (Å²) in [5.74, 6) is -0.344. The summed E-state index contributed by atoms with van der Waals surface area (Å²) < 4.78 is 23.7. The van der Waals surface area contributed by atoms with Gasteiger partial charge < -0.3 is 14.8 Å². The molecule has 0 atom stereocenters. The molecule has 0 unspecified atom stereocenters. The molecule has 0 amide bonds. The number of nitrogens with zero attached hydrogens (tertiary/aromatic N) is 1. The molecule has 6 nitrogen and oxygen atoms in total. The molecule has 0 radical (unpaired) electrons. The normalized spacial score (nSPS) is 10.5. The van der Waals surface area contributed by atoms with Gasteiger partial charge in [-0.05, 0) is 72.4 Å². The van der Waals surface area contributed by atoms with Crippen LogP contribution in [0.1, 0.15) is 15.9 Å². The van der Waals surface area contributed by atoms with E-state index in [9.17, 15) is 9.18 Å². The number of esters is 1. The van der Waals surface area contributed by atoms with E-state index < -0.39 is 5.97 Å². The number of hydrogen-bond acceptors (Lipinski definition) is 5. The molecule has 0 aliphatic heterocycles. The Hall–Kier alpha value is -3.49. The Bertz CT molecular complexity index is 1120. The van der Waals surface area contributed by atoms with Crippen molar-refractivity contribution >= 4 is 46.8 Å². The molecule has 9 heteroatoms. The van der Waals surface area contributed by atoms with Crippen LogP contribution in [0.25, 0.3) is 0 Å². The smallest absolute Gasteiger partial charge is 0.345 e. The van der Waals surface area contributed by atoms with E-state index in [2.05, 4.69) is 15.8 Å². The number of thiocarbonyl (C=S) groups is 1. The van der Waals surface area contributed by atoms with E-state index in [4.69, 9.17) is 33.3 Å². The monoisotopic (exact) mass is 457 g/mol. The fourth-order valence-electron chi connectivity index (χ4n) is 2.49. The number of methoxy groups -OCH3 is 1. The van der Waals surface area contributed by atoms with Gasteiger partial charge >= 0.3 is 5.97 Å². The van der Waals surface area contributed by atoms with Gasteiger partial charge in [-0.1, -0.05) is 23.7 Å². The summed E-state index contributed by atoms with van der Waals surface area (Å²) in [4.78, 5) is 12.4. The van der Waals surface area contributed by atoms with Crippen molar-refractivity contribution in [2.75, 3.05) is 12.4 Å². The van der Waals surface area contributed by atoms with Crippen LogP contribution in [0.2, 0.25) is 5.02 Å². The lowest BCUT2D eigenvalue weighted by molar-refractivity contribution is 0.0730. The third-order valence-corrected chi connectivity index (χ3v) is 4.49. The molecule has 158 valence electrons. The first-order valence-corrected chi connectivity index (χ1v) is 9.75. The summed E-state index contributed by atoms with van der Waals surface area (Å²) in [6.07, 6.45) is 1.51. The molecule has 2 N–H and O–H groups in total. The number of halogens is 2. The zero-order chi connectivity index (χ0) is 22.2. The van der Waals surface area contributed by atoms with Crippen LogP contribution in [-0.4, -0.2) is 24.4 Å². The Labute approximate surface area is 188 Å². The highest BCUT2D eigenvalue weighted by Crippen LogP contribution is 2.29. The van der Waals surface area contributed by atoms with Crippen LogP contribution in [0.15, 0.2) is 71.8 Å². The van der Waals surface area contributed by atoms with Crippen LogP contribution in [0.4, 0.5) is 10.1 Å². The minimum atomic E-state index is -0.593. The second-order valence-corrected chi connectivity index (χ2v) is 6.93. The Kier molecular flexibility index (Phi) is 7.53. The van der Waals surface area contributed by atoms with Crippen molar-refractivity contribution in [1.82, 2.24) is 5.43 Å². The first-order chi connectivity index (χ1) is 15.0. The highest BCUT2D eigenvalue weighted by molar-refractivity contribution is 7.80. The highest BCUT2D eigenvalue weighted by Gasteiger charge is 2.15. The zero-order valence-electron chi connectivity index (χ0n) is 16.3. The van der Waals surface area contributed by atoms with Crippen LogP contribution in [0.3, 0.4) is 0 Å². The van der Waals surface area contributed by atoms with Crippen LogP contribution < -0.4 is 20.2 Å². The molecular weight excluding hydrogens is 441 g/mol. The summed E-state index contributed by atoms with van der Waals surface area (Å²) in [6.45, 7) is 0. The van der Waals surface area contributed by atoms with Crippen molar-refractivity contribution in [3.8, 4) is 11.5 Å². The second-order valence-electron chi connectivity index (χ2n) is 6.11. The minimum Gasteiger partial charge on any atom is -0.493 e. The lowest BCUT2D eigenvalue weighted by atomic mass is 10.2. The molecule has 0 aliphatic rings. The topological polar surface area (TPSA) is 71.9 Å². The first kappa shape index (κ1) is 22.2. The van der Waals surface area contributed by atoms with Gasteiger partial charge in [0.2, 0.25) is 0 Å². The average Bonchev–Trinajstić information content (AvgIpc) is 2.76. The molecule has 0 spiro atoms. The third-order valence-electron chi connectivity index (χ3n) is 3.97. The standard InChI is InChI=1S/C22H17ClFN3O3S/c1-29-20-12-14(13-25-27-22(31)26-16-9-7-15(24)8-10-16)6-11-19(20)30-21(28)17-4-2-3-5-18(17)23/h2-13H,1H3,(H2,26,27,31)/b25-13-. The maximum absolute atomic E-state index is 12.9. The van der Waals surface area contributed by atoms with Gasteiger partial charge in [0.25, 0.3) is 0 Å². The number of hydrogen-bond donors (Lipinski definition) is 2. The van der Waals surface area contributed by atoms with E-state index in [1.54, 1.807) is 54.6 Å². The number of hydrazone groups is 1. The number of carbonyl (C=O) groups is 1. The summed E-state index contributed by atoms with van der Waals surface area (Å²) in [7, 11) is 1.46. The molecule has 0 saturated heterocycles. The number of nitrogens with one attached hydrogen (secondary N) is 2. The van der Waals surface area contributed by atoms with Gasteiger partial charge in [0.15, 0.2) is 16.6 Å². The molecule has 0 aromatic heterocycles. The summed E-state index contributed by atoms with van der Waals surface area (Å²) >= 11 is 11.2. The van der Waals surface area contributed by atoms with E-state index in [1.165, 1.54) is 25.5 Å². The number of carbonyl (C=O) groups excluding carboxylic acids is 1. The van der Waals surface area contributed by atoms with Crippen LogP contribution in [0.5, 0.6) is 11.5 Å². The number of ether oxygens (including phenoxy) is 2. The number of rotatable bonds is 6. The molecule has 3 aromatic rings. The van der Waals surface area contributed by atoms with E-state index in [-0.39, 0.29) is 22.2 Å². The Morgan fingerprint density at radius 2 is 1.84 bits per heavy atom. The van der Waals surface area contributed by atoms with Crippen molar-refractivity contribution in [3.05, 3.63) is 88.7 Å². The van der Waals surface area contributed by atoms with Crippen molar-refractivity contribution in [2.24, 2.45) is 5.10 Å². The molecule has 3 rings (SSSR count). The van der Waals surface area contributed by atoms with Crippen LogP contribution >= 0.6 is 23.8 Å². The molecule has 0 saturated carbocycles. The van der Waals surface area contributed by atoms with Crippen LogP contribution in [0, 0.1) is 5.82 Å². The molecule has 0 bridgehead atoms. The van der Waals surface area contributed by atoms with E-state index in [0.717, 1.165) is 0 Å². The predicted molar refractivity (Wildman–Crippen MR) is 123 cm³/mol. The van der Waals surface area contributed by atoms with Gasteiger partial charge in [0, 0.05) is 5.69 Å². The molecule has 0 aliphatic carbocycles. The predicted octanol–water partition coefficient (Wildman–Crippen LogP) is 5.03. The number of benzene rings is 3. The van der Waals surface area contributed by atoms with Gasteiger partial charge in [-0.2, -0.15) is 5.10 Å². The first-order valence-electron chi connectivity index (χ1n) is 8.96. The van der Waals surface area contributed by atoms with Crippen molar-refractivity contribution in [2.45, 2.75) is 0 Å². The van der Waals surface area contributed by atoms with Gasteiger partial charge in [0.1, 0.15) is 5.82 Å². The molecule has 3 aromatic carbocycles. The maximum atomic E-state index is 12.9. The quantitative estimate of drug-likeness (QED) is 0.178. The fourth-order valence-corrected chi connectivity index (χ4v) is 2.87. The Balaban J connectivity index is 1.62. The second kappa shape index (κ2) is 10.5. The van der Waals surface area contributed by atoms with E-state index in [1.807, 2.05) is 0 Å². The van der Waals surface area contributed by atoms with E-state index >= 15 is 0 Å². The number of anilines is 1. The third kappa shape index (κ3) is 6.24. The summed E-state index contributed by atoms with van der Waals surface area (Å²) in [6, 6.07) is 17.3. The lowest BCUT2D eigenvalue weighted by Gasteiger charge is -2.10. The van der Waals surface area contributed by atoms with E-state index in [0.29, 0.717) is 22.0 Å². The summed E-state index contributed by atoms with van der Waals surface area (Å²) in [5.41, 5.74) is 4.21. The molecular formula is C22H17ClFN3O3S. The van der Waals surface area contributed by atoms with Gasteiger partial charge in [-0.15, -0.1) is 0 Å². The minimum absolute atomic E-state index is 0.236. The van der Waals surface area contributed by atoms with Gasteiger partial charge in [-0.25, -0.2) is 9.18 Å². The van der Waals surface area contributed by atoms with Crippen molar-refractivity contribution in [1.29, 1.82) is 0 Å². The lowest BCUT2D eigenvalue weighted by Crippen LogP contribution is -2.23. The Morgan fingerprint density at radius 1 is 1.10 bits per heavy atom. The summed E-state index contributed by atoms with van der Waals surface area (Å²) in [5, 5.41) is 7.46. The Morgan fingerprint density at radius 3 is 2.55 bits per heavy atom. The molecule has 31 heavy (non-hydrogen) atoms. The highest BCUT2D eigenvalue weighted by atomic mass is 35.5. The van der Waals surface area contributed by atoms with Crippen molar-refractivity contribution in [3.63, 3.8) is 0 Å². The fraction of sp³-hybridized carbons (Fsp3) is 0.0455. The largest absolute Gasteiger partial charge is 0.493 e. The molecule has 0 heterocycles.